The fourth-order valence-corrected chi connectivity index (χ4v) is 5.21. The van der Waals surface area contributed by atoms with Gasteiger partial charge in [0.2, 0.25) is 5.91 Å². The summed E-state index contributed by atoms with van der Waals surface area (Å²) in [7, 11) is 3.42. The minimum Gasteiger partial charge on any atom is -0.497 e. The highest BCUT2D eigenvalue weighted by molar-refractivity contribution is 8.16. The summed E-state index contributed by atoms with van der Waals surface area (Å²) in [5.74, 6) is 0.299. The van der Waals surface area contributed by atoms with Crippen LogP contribution in [0.25, 0.3) is 0 Å². The third-order valence-corrected chi connectivity index (χ3v) is 6.90. The van der Waals surface area contributed by atoms with Gasteiger partial charge in [-0.05, 0) is 49.4 Å². The van der Waals surface area contributed by atoms with Crippen LogP contribution in [0.1, 0.15) is 44.4 Å². The molecule has 2 aliphatic rings. The van der Waals surface area contributed by atoms with Crippen LogP contribution in [0.4, 0.5) is 0 Å². The predicted molar refractivity (Wildman–Crippen MR) is 142 cm³/mol. The van der Waals surface area contributed by atoms with E-state index in [1.54, 1.807) is 19.1 Å². The number of carbonyl (C=O) groups excluding carboxylic acids is 2. The van der Waals surface area contributed by atoms with Gasteiger partial charge in [-0.2, -0.15) is 0 Å². The van der Waals surface area contributed by atoms with Gasteiger partial charge in [0.15, 0.2) is 5.17 Å². The first-order valence-corrected chi connectivity index (χ1v) is 12.7. The van der Waals surface area contributed by atoms with Gasteiger partial charge in [0.05, 0.1) is 36.9 Å². The summed E-state index contributed by atoms with van der Waals surface area (Å²) < 4.78 is 10.9. The molecule has 36 heavy (non-hydrogen) atoms. The number of nitrogens with zero attached hydrogens (tertiary/aromatic N) is 3. The number of hydrogen-bond donors (Lipinski definition) is 0. The predicted octanol–water partition coefficient (Wildman–Crippen LogP) is 5.27. The first-order valence-electron chi connectivity index (χ1n) is 11.9. The van der Waals surface area contributed by atoms with Gasteiger partial charge < -0.3 is 19.3 Å². The van der Waals surface area contributed by atoms with Gasteiger partial charge >= 0.3 is 5.97 Å². The van der Waals surface area contributed by atoms with Crippen LogP contribution in [-0.2, 0) is 20.9 Å². The Bertz CT molecular complexity index is 1220. The quantitative estimate of drug-likeness (QED) is 0.455. The summed E-state index contributed by atoms with van der Waals surface area (Å²) in [6.07, 6.45) is -0.0797. The lowest BCUT2D eigenvalue weighted by atomic mass is 9.93. The number of fused-ring (bicyclic) bond motifs is 1. The van der Waals surface area contributed by atoms with Crippen LogP contribution in [-0.4, -0.2) is 47.1 Å². The Hall–Kier alpha value is -3.52. The molecule has 0 fully saturated rings. The van der Waals surface area contributed by atoms with E-state index in [1.807, 2.05) is 85.7 Å². The monoisotopic (exact) mass is 505 g/mol. The lowest BCUT2D eigenvalue weighted by molar-refractivity contribution is -0.143. The van der Waals surface area contributed by atoms with Gasteiger partial charge in [0, 0.05) is 19.3 Å². The van der Waals surface area contributed by atoms with E-state index in [1.165, 1.54) is 11.8 Å². The minimum atomic E-state index is -0.469. The standard InChI is InChI=1S/C28H31N3O4S/c1-18(2)35-27(33)25-19(3)29-28-31(26(25)21-11-13-23(34-5)14-12-21)22(17-36-28)15-24(32)30(4)16-20-9-7-6-8-10-20/h6-14,17-18,26H,15-16H2,1-5H3. The molecule has 4 rings (SSSR count). The highest BCUT2D eigenvalue weighted by Crippen LogP contribution is 2.45. The molecule has 0 saturated heterocycles. The summed E-state index contributed by atoms with van der Waals surface area (Å²) in [4.78, 5) is 34.9. The summed E-state index contributed by atoms with van der Waals surface area (Å²) >= 11 is 1.46. The van der Waals surface area contributed by atoms with Crippen molar-refractivity contribution in [3.05, 3.63) is 88.1 Å². The molecule has 0 radical (unpaired) electrons. The molecule has 7 nitrogen and oxygen atoms in total. The molecule has 0 saturated carbocycles. The maximum atomic E-state index is 13.3. The van der Waals surface area contributed by atoms with E-state index in [4.69, 9.17) is 14.5 Å². The average Bonchev–Trinajstić information content (AvgIpc) is 3.25. The number of amidine groups is 1. The molecule has 0 aliphatic carbocycles. The Kier molecular flexibility index (Phi) is 7.84. The van der Waals surface area contributed by atoms with Crippen LogP contribution in [0.15, 0.2) is 82.0 Å². The molecule has 2 aliphatic heterocycles. The van der Waals surface area contributed by atoms with Crippen LogP contribution in [0.2, 0.25) is 0 Å². The first-order chi connectivity index (χ1) is 17.3. The van der Waals surface area contributed by atoms with Crippen LogP contribution < -0.4 is 4.74 Å². The average molecular weight is 506 g/mol. The summed E-state index contributed by atoms with van der Waals surface area (Å²) in [6.45, 7) is 6.00. The fraction of sp³-hybridized carbons (Fsp3) is 0.321. The number of allylic oxidation sites excluding steroid dienone is 1. The van der Waals surface area contributed by atoms with Gasteiger partial charge in [-0.3, -0.25) is 4.79 Å². The number of amides is 1. The number of esters is 1. The lowest BCUT2D eigenvalue weighted by Crippen LogP contribution is -2.38. The third kappa shape index (κ3) is 5.49. The van der Waals surface area contributed by atoms with Crippen molar-refractivity contribution >= 4 is 28.8 Å². The second-order valence-electron chi connectivity index (χ2n) is 9.03. The third-order valence-electron chi connectivity index (χ3n) is 6.02. The largest absolute Gasteiger partial charge is 0.497 e. The van der Waals surface area contributed by atoms with Crippen molar-refractivity contribution in [2.24, 2.45) is 4.99 Å². The lowest BCUT2D eigenvalue weighted by Gasteiger charge is -2.36. The molecule has 1 atom stereocenters. The van der Waals surface area contributed by atoms with Gasteiger partial charge in [0.1, 0.15) is 5.75 Å². The number of methoxy groups -OCH3 is 1. The molecule has 0 aromatic heterocycles. The van der Waals surface area contributed by atoms with Crippen molar-refractivity contribution in [3.63, 3.8) is 0 Å². The molecule has 8 heteroatoms. The molecule has 1 unspecified atom stereocenters. The Morgan fingerprint density at radius 3 is 2.44 bits per heavy atom. The maximum absolute atomic E-state index is 13.3. The van der Waals surface area contributed by atoms with Crippen LogP contribution >= 0.6 is 11.8 Å². The van der Waals surface area contributed by atoms with Crippen molar-refractivity contribution < 1.29 is 19.1 Å². The number of ether oxygens (including phenoxy) is 2. The van der Waals surface area contributed by atoms with E-state index >= 15 is 0 Å². The molecule has 2 heterocycles. The summed E-state index contributed by atoms with van der Waals surface area (Å²) in [5, 5.41) is 2.69. The molecule has 1 amide bonds. The number of carbonyl (C=O) groups is 2. The van der Waals surface area contributed by atoms with Crippen LogP contribution in [0, 0.1) is 0 Å². The van der Waals surface area contributed by atoms with E-state index in [0.29, 0.717) is 17.8 Å². The Morgan fingerprint density at radius 2 is 1.81 bits per heavy atom. The topological polar surface area (TPSA) is 71.4 Å². The second-order valence-corrected chi connectivity index (χ2v) is 9.87. The van der Waals surface area contributed by atoms with Gasteiger partial charge in [-0.15, -0.1) is 0 Å². The molecule has 0 N–H and O–H groups in total. The highest BCUT2D eigenvalue weighted by Gasteiger charge is 2.41. The van der Waals surface area contributed by atoms with Crippen LogP contribution in [0.3, 0.4) is 0 Å². The van der Waals surface area contributed by atoms with Gasteiger partial charge in [0.25, 0.3) is 0 Å². The maximum Gasteiger partial charge on any atom is 0.338 e. The fourth-order valence-electron chi connectivity index (χ4n) is 4.25. The summed E-state index contributed by atoms with van der Waals surface area (Å²) in [5.41, 5.74) is 3.83. The molecule has 2 aromatic rings. The Morgan fingerprint density at radius 1 is 1.11 bits per heavy atom. The zero-order chi connectivity index (χ0) is 25.8. The minimum absolute atomic E-state index is 0.0157. The highest BCUT2D eigenvalue weighted by atomic mass is 32.2. The zero-order valence-corrected chi connectivity index (χ0v) is 22.0. The number of benzene rings is 2. The summed E-state index contributed by atoms with van der Waals surface area (Å²) in [6, 6.07) is 17.0. The van der Waals surface area contributed by atoms with Gasteiger partial charge in [-0.25, -0.2) is 9.79 Å². The van der Waals surface area contributed by atoms with E-state index in [0.717, 1.165) is 27.7 Å². The number of thioether (sulfide) groups is 1. The van der Waals surface area contributed by atoms with E-state index in [-0.39, 0.29) is 18.4 Å². The second kappa shape index (κ2) is 11.0. The van der Waals surface area contributed by atoms with Crippen molar-refractivity contribution in [3.8, 4) is 5.75 Å². The Balaban J connectivity index is 1.64. The van der Waals surface area contributed by atoms with E-state index < -0.39 is 12.0 Å². The van der Waals surface area contributed by atoms with Crippen molar-refractivity contribution in [1.29, 1.82) is 0 Å². The van der Waals surface area contributed by atoms with Crippen molar-refractivity contribution in [2.45, 2.75) is 45.9 Å². The SMILES string of the molecule is COc1ccc(C2C(C(=O)OC(C)C)=C(C)N=C3SC=C(CC(=O)N(C)Cc4ccccc4)N32)cc1. The van der Waals surface area contributed by atoms with Gasteiger partial charge in [-0.1, -0.05) is 54.2 Å². The smallest absolute Gasteiger partial charge is 0.338 e. The first kappa shape index (κ1) is 25.6. The van der Waals surface area contributed by atoms with E-state index in [2.05, 4.69) is 0 Å². The Labute approximate surface area is 216 Å². The molecule has 188 valence electrons. The molecular formula is C28H31N3O4S. The number of rotatable bonds is 8. The number of aliphatic imine (C=N–C) groups is 1. The normalized spacial score (nSPS) is 16.9. The van der Waals surface area contributed by atoms with Crippen molar-refractivity contribution in [2.75, 3.05) is 14.2 Å². The van der Waals surface area contributed by atoms with E-state index in [9.17, 15) is 9.59 Å². The van der Waals surface area contributed by atoms with Crippen LogP contribution in [0.5, 0.6) is 5.75 Å². The molecule has 2 aromatic carbocycles. The van der Waals surface area contributed by atoms with Crippen molar-refractivity contribution in [1.82, 2.24) is 9.80 Å². The molecular weight excluding hydrogens is 474 g/mol. The molecule has 0 spiro atoms. The number of hydrogen-bond acceptors (Lipinski definition) is 7. The molecule has 0 bridgehead atoms. The zero-order valence-electron chi connectivity index (χ0n) is 21.2.